The number of aromatic nitrogens is 2. The molecule has 2 fully saturated rings. The maximum atomic E-state index is 13.6. The molecule has 0 bridgehead atoms. The first-order valence-corrected chi connectivity index (χ1v) is 14.5. The van der Waals surface area contributed by atoms with Crippen LogP contribution in [0.5, 0.6) is 0 Å². The van der Waals surface area contributed by atoms with E-state index in [1.165, 1.54) is 21.7 Å². The van der Waals surface area contributed by atoms with Crippen LogP contribution in [-0.2, 0) is 27.0 Å². The van der Waals surface area contributed by atoms with E-state index in [2.05, 4.69) is 5.10 Å². The molecule has 7 nitrogen and oxygen atoms in total. The zero-order chi connectivity index (χ0) is 29.5. The second-order valence-corrected chi connectivity index (χ2v) is 11.6. The highest BCUT2D eigenvalue weighted by Crippen LogP contribution is 2.39. The topological polar surface area (TPSA) is 81.5 Å². The van der Waals surface area contributed by atoms with Crippen molar-refractivity contribution in [3.8, 4) is 0 Å². The highest BCUT2D eigenvalue weighted by molar-refractivity contribution is 8.18. The number of carbonyl (C=O) groups is 3. The van der Waals surface area contributed by atoms with Crippen LogP contribution in [0.15, 0.2) is 41.3 Å². The number of halogens is 5. The number of benzene rings is 2. The fourth-order valence-electron chi connectivity index (χ4n) is 5.26. The predicted octanol–water partition coefficient (Wildman–Crippen LogP) is 7.57. The van der Waals surface area contributed by atoms with Crippen molar-refractivity contribution in [3.05, 3.63) is 68.2 Å². The largest absolute Gasteiger partial charge is 0.466 e. The molecule has 2 aliphatic rings. The third-order valence-electron chi connectivity index (χ3n) is 7.23. The number of imide groups is 1. The normalized spacial score (nSPS) is 20.8. The molecule has 0 radical (unpaired) electrons. The third kappa shape index (κ3) is 6.12. The van der Waals surface area contributed by atoms with Gasteiger partial charge in [0.1, 0.15) is 0 Å². The number of fused-ring (bicyclic) bond motifs is 1. The van der Waals surface area contributed by atoms with E-state index in [0.717, 1.165) is 17.8 Å². The molecule has 0 atom stereocenters. The van der Waals surface area contributed by atoms with Crippen LogP contribution in [0.3, 0.4) is 0 Å². The Bertz CT molecular complexity index is 1560. The van der Waals surface area contributed by atoms with Gasteiger partial charge in [0, 0.05) is 16.5 Å². The number of rotatable bonds is 6. The molecule has 1 aromatic heterocycles. The van der Waals surface area contributed by atoms with Crippen LogP contribution in [0.1, 0.15) is 49.3 Å². The van der Waals surface area contributed by atoms with Crippen LogP contribution >= 0.6 is 35.0 Å². The minimum atomic E-state index is -4.59. The molecule has 2 amide bonds. The van der Waals surface area contributed by atoms with E-state index in [9.17, 15) is 27.6 Å². The molecule has 1 aliphatic carbocycles. The Hall–Kier alpha value is -3.02. The van der Waals surface area contributed by atoms with Crippen LogP contribution < -0.4 is 0 Å². The minimum absolute atomic E-state index is 0.0167. The van der Waals surface area contributed by atoms with Crippen molar-refractivity contribution < 1.29 is 32.3 Å². The number of alkyl halides is 3. The van der Waals surface area contributed by atoms with Crippen molar-refractivity contribution >= 4 is 69.1 Å². The fraction of sp³-hybridized carbons (Fsp3) is 0.357. The summed E-state index contributed by atoms with van der Waals surface area (Å²) in [5.41, 5.74) is 0.211. The first-order valence-electron chi connectivity index (χ1n) is 12.9. The van der Waals surface area contributed by atoms with Crippen LogP contribution in [0.2, 0.25) is 10.2 Å². The molecule has 1 saturated carbocycles. The SMILES string of the molecule is CCOC(=O)C1CCC(N2C(=O)S/C(=C\c3ccc4c(c3)c(Cl)nn4Cc3ccc(Cl)cc3C(F)(F)F)C2=O)CC1. The van der Waals surface area contributed by atoms with E-state index >= 15 is 0 Å². The van der Waals surface area contributed by atoms with E-state index < -0.39 is 17.6 Å². The fourth-order valence-corrected chi connectivity index (χ4v) is 6.57. The standard InChI is InChI=1S/C28H24Cl2F3N3O4S/c1-2-40-26(38)16-5-8-19(9-6-16)36-25(37)23(41-27(36)39)12-15-3-10-22-20(11-15)24(30)34-35(22)14-17-4-7-18(29)13-21(17)28(31,32)33/h3-4,7,10-13,16,19H,2,5-6,8-9,14H2,1H3/b23-12-. The van der Waals surface area contributed by atoms with Gasteiger partial charge in [0.15, 0.2) is 5.15 Å². The van der Waals surface area contributed by atoms with Gasteiger partial charge in [-0.1, -0.05) is 35.3 Å². The summed E-state index contributed by atoms with van der Waals surface area (Å²) in [5.74, 6) is -0.867. The second kappa shape index (κ2) is 11.7. The maximum Gasteiger partial charge on any atom is 0.416 e. The number of nitrogens with zero attached hydrogens (tertiary/aromatic N) is 3. The molecule has 41 heavy (non-hydrogen) atoms. The van der Waals surface area contributed by atoms with Gasteiger partial charge < -0.3 is 4.74 Å². The van der Waals surface area contributed by atoms with Crippen LogP contribution in [0.4, 0.5) is 18.0 Å². The lowest BCUT2D eigenvalue weighted by Gasteiger charge is -2.31. The zero-order valence-corrected chi connectivity index (χ0v) is 24.0. The Morgan fingerprint density at radius 1 is 1.12 bits per heavy atom. The van der Waals surface area contributed by atoms with E-state index in [1.54, 1.807) is 31.2 Å². The van der Waals surface area contributed by atoms with Crippen LogP contribution in [0.25, 0.3) is 17.0 Å². The van der Waals surface area contributed by atoms with Crippen LogP contribution in [0, 0.1) is 5.92 Å². The molecule has 1 aliphatic heterocycles. The monoisotopic (exact) mass is 625 g/mol. The number of esters is 1. The molecule has 2 heterocycles. The summed E-state index contributed by atoms with van der Waals surface area (Å²) in [5, 5.41) is 4.41. The number of hydrogen-bond acceptors (Lipinski definition) is 6. The number of ether oxygens (including phenoxy) is 1. The van der Waals surface area contributed by atoms with Gasteiger partial charge >= 0.3 is 12.1 Å². The smallest absolute Gasteiger partial charge is 0.416 e. The number of carbonyl (C=O) groups excluding carboxylic acids is 3. The first kappa shape index (κ1) is 29.5. The molecule has 5 rings (SSSR count). The average Bonchev–Trinajstić information content (AvgIpc) is 3.38. The number of hydrogen-bond donors (Lipinski definition) is 0. The van der Waals surface area contributed by atoms with Crippen molar-refractivity contribution in [2.24, 2.45) is 5.92 Å². The summed E-state index contributed by atoms with van der Waals surface area (Å²) >= 11 is 13.0. The quantitative estimate of drug-likeness (QED) is 0.208. The summed E-state index contributed by atoms with van der Waals surface area (Å²) in [6, 6.07) is 8.29. The zero-order valence-electron chi connectivity index (χ0n) is 21.7. The van der Waals surface area contributed by atoms with Gasteiger partial charge in [-0.2, -0.15) is 18.3 Å². The van der Waals surface area contributed by atoms with Crippen molar-refractivity contribution in [1.29, 1.82) is 0 Å². The first-order chi connectivity index (χ1) is 19.5. The summed E-state index contributed by atoms with van der Waals surface area (Å²) in [6.45, 7) is 1.88. The Labute approximate surface area is 247 Å². The second-order valence-electron chi connectivity index (χ2n) is 9.83. The van der Waals surface area contributed by atoms with Crippen molar-refractivity contribution in [1.82, 2.24) is 14.7 Å². The molecule has 3 aromatic rings. The lowest BCUT2D eigenvalue weighted by atomic mass is 9.85. The van der Waals surface area contributed by atoms with Gasteiger partial charge in [0.05, 0.1) is 35.1 Å². The van der Waals surface area contributed by atoms with E-state index in [4.69, 9.17) is 27.9 Å². The Morgan fingerprint density at radius 3 is 2.54 bits per heavy atom. The highest BCUT2D eigenvalue weighted by Gasteiger charge is 2.42. The summed E-state index contributed by atoms with van der Waals surface area (Å²) < 4.78 is 47.2. The van der Waals surface area contributed by atoms with Gasteiger partial charge in [-0.15, -0.1) is 0 Å². The predicted molar refractivity (Wildman–Crippen MR) is 150 cm³/mol. The van der Waals surface area contributed by atoms with Gasteiger partial charge in [-0.25, -0.2) is 0 Å². The average molecular weight is 626 g/mol. The Balaban J connectivity index is 1.35. The molecular weight excluding hydrogens is 602 g/mol. The van der Waals surface area contributed by atoms with Gasteiger partial charge in [0.2, 0.25) is 0 Å². The minimum Gasteiger partial charge on any atom is -0.466 e. The lowest BCUT2D eigenvalue weighted by molar-refractivity contribution is -0.149. The number of thioether (sulfide) groups is 1. The van der Waals surface area contributed by atoms with Gasteiger partial charge in [-0.3, -0.25) is 24.0 Å². The Kier molecular flexibility index (Phi) is 8.41. The summed E-state index contributed by atoms with van der Waals surface area (Å²) in [6.07, 6.45) is -0.862. The molecule has 2 aromatic carbocycles. The summed E-state index contributed by atoms with van der Waals surface area (Å²) in [7, 11) is 0. The van der Waals surface area contributed by atoms with E-state index in [-0.39, 0.29) is 50.4 Å². The van der Waals surface area contributed by atoms with Crippen molar-refractivity contribution in [2.45, 2.75) is 51.4 Å². The molecule has 13 heteroatoms. The molecule has 0 unspecified atom stereocenters. The van der Waals surface area contributed by atoms with Crippen molar-refractivity contribution in [2.75, 3.05) is 6.61 Å². The molecular formula is C28H24Cl2F3N3O4S. The summed E-state index contributed by atoms with van der Waals surface area (Å²) in [4.78, 5) is 39.5. The third-order valence-corrected chi connectivity index (χ3v) is 8.63. The Morgan fingerprint density at radius 2 is 1.85 bits per heavy atom. The molecule has 1 saturated heterocycles. The molecule has 0 spiro atoms. The highest BCUT2D eigenvalue weighted by atomic mass is 35.5. The lowest BCUT2D eigenvalue weighted by Crippen LogP contribution is -2.42. The number of amides is 2. The van der Waals surface area contributed by atoms with E-state index in [0.29, 0.717) is 48.8 Å². The molecule has 0 N–H and O–H groups in total. The van der Waals surface area contributed by atoms with Gasteiger partial charge in [0.25, 0.3) is 11.1 Å². The van der Waals surface area contributed by atoms with Gasteiger partial charge in [-0.05, 0) is 85.8 Å². The van der Waals surface area contributed by atoms with E-state index in [1.807, 2.05) is 0 Å². The maximum absolute atomic E-state index is 13.6. The van der Waals surface area contributed by atoms with Crippen molar-refractivity contribution in [3.63, 3.8) is 0 Å². The van der Waals surface area contributed by atoms with Crippen LogP contribution in [-0.4, -0.2) is 44.4 Å². The molecule has 216 valence electrons.